The van der Waals surface area contributed by atoms with Crippen molar-refractivity contribution in [3.63, 3.8) is 0 Å². The minimum atomic E-state index is 0.0730. The average molecular weight is 264 g/mol. The molecule has 6 heteroatoms. The van der Waals surface area contributed by atoms with Crippen molar-refractivity contribution in [1.29, 1.82) is 5.41 Å². The van der Waals surface area contributed by atoms with Crippen LogP contribution in [0, 0.1) is 5.41 Å². The zero-order valence-corrected chi connectivity index (χ0v) is 10.4. The molecule has 0 saturated carbocycles. The van der Waals surface area contributed by atoms with Gasteiger partial charge in [-0.25, -0.2) is 0 Å². The Morgan fingerprint density at radius 2 is 2.28 bits per heavy atom. The van der Waals surface area contributed by atoms with E-state index in [1.165, 1.54) is 0 Å². The Morgan fingerprint density at radius 3 is 3.06 bits per heavy atom. The van der Waals surface area contributed by atoms with E-state index in [0.29, 0.717) is 22.7 Å². The number of ether oxygens (including phenoxy) is 1. The summed E-state index contributed by atoms with van der Waals surface area (Å²) in [6.07, 6.45) is 0. The van der Waals surface area contributed by atoms with Gasteiger partial charge in [-0.05, 0) is 18.2 Å². The van der Waals surface area contributed by atoms with E-state index in [4.69, 9.17) is 26.2 Å². The van der Waals surface area contributed by atoms with E-state index in [9.17, 15) is 0 Å². The molecule has 2 heterocycles. The van der Waals surface area contributed by atoms with E-state index < -0.39 is 0 Å². The summed E-state index contributed by atoms with van der Waals surface area (Å²) in [6.45, 7) is 0.402. The van der Waals surface area contributed by atoms with Crippen molar-refractivity contribution >= 4 is 28.2 Å². The van der Waals surface area contributed by atoms with Crippen LogP contribution in [0.1, 0.15) is 5.69 Å². The van der Waals surface area contributed by atoms with Crippen LogP contribution >= 0.6 is 11.6 Å². The third-order valence-electron chi connectivity index (χ3n) is 2.66. The number of hydrogen-bond donors (Lipinski definition) is 1. The number of rotatable bonds is 2. The van der Waals surface area contributed by atoms with Crippen LogP contribution in [0.25, 0.3) is 16.6 Å². The molecule has 5 nitrogen and oxygen atoms in total. The molecule has 0 aliphatic carbocycles. The Morgan fingerprint density at radius 1 is 1.44 bits per heavy atom. The highest BCUT2D eigenvalue weighted by molar-refractivity contribution is 6.31. The minimum absolute atomic E-state index is 0.0730. The van der Waals surface area contributed by atoms with Gasteiger partial charge in [-0.15, -0.1) is 0 Å². The van der Waals surface area contributed by atoms with Crippen LogP contribution in [-0.2, 0) is 11.3 Å². The number of nitrogens with one attached hydrogen (secondary N) is 1. The van der Waals surface area contributed by atoms with Gasteiger partial charge >= 0.3 is 0 Å². The highest BCUT2D eigenvalue weighted by atomic mass is 35.5. The summed E-state index contributed by atoms with van der Waals surface area (Å²) in [5.41, 5.74) is 2.13. The first-order valence-corrected chi connectivity index (χ1v) is 5.71. The summed E-state index contributed by atoms with van der Waals surface area (Å²) >= 11 is 5.92. The number of benzene rings is 1. The van der Waals surface area contributed by atoms with Crippen molar-refractivity contribution in [2.45, 2.75) is 6.61 Å². The summed E-state index contributed by atoms with van der Waals surface area (Å²) in [5, 5.41) is 13.4. The first kappa shape index (κ1) is 11.3. The van der Waals surface area contributed by atoms with Crippen LogP contribution in [0.2, 0.25) is 5.02 Å². The molecule has 0 atom stereocenters. The minimum Gasteiger partial charge on any atom is -0.420 e. The van der Waals surface area contributed by atoms with Gasteiger partial charge in [0.15, 0.2) is 0 Å². The topological polar surface area (TPSA) is 63.5 Å². The summed E-state index contributed by atoms with van der Waals surface area (Å²) in [7, 11) is 1.61. The zero-order chi connectivity index (χ0) is 12.7. The SMILES string of the molecule is COCc1cc2oc(=N)c3cc(Cl)ccc3n2n1. The van der Waals surface area contributed by atoms with E-state index in [0.717, 1.165) is 11.2 Å². The molecule has 1 aromatic carbocycles. The summed E-state index contributed by atoms with van der Waals surface area (Å²) in [5.74, 6) is 0. The fraction of sp³-hybridized carbons (Fsp3) is 0.167. The van der Waals surface area contributed by atoms with Crippen molar-refractivity contribution < 1.29 is 9.15 Å². The number of aromatic nitrogens is 2. The molecule has 0 saturated heterocycles. The quantitative estimate of drug-likeness (QED) is 0.772. The second kappa shape index (κ2) is 4.12. The van der Waals surface area contributed by atoms with Gasteiger partial charge in [0, 0.05) is 18.2 Å². The number of nitrogens with zero attached hydrogens (tertiary/aromatic N) is 2. The maximum atomic E-state index is 7.86. The van der Waals surface area contributed by atoms with Gasteiger partial charge in [-0.3, -0.25) is 5.41 Å². The maximum Gasteiger partial charge on any atom is 0.225 e. The second-order valence-electron chi connectivity index (χ2n) is 3.91. The molecule has 0 bridgehead atoms. The van der Waals surface area contributed by atoms with Gasteiger partial charge in [0.05, 0.1) is 23.2 Å². The highest BCUT2D eigenvalue weighted by Crippen LogP contribution is 2.18. The standard InChI is InChI=1S/C12H10ClN3O2/c1-17-6-8-5-11-16(15-8)10-3-2-7(13)4-9(10)12(14)18-11/h2-5,14H,6H2,1H3. The van der Waals surface area contributed by atoms with Crippen molar-refractivity contribution in [1.82, 2.24) is 9.61 Å². The lowest BCUT2D eigenvalue weighted by Gasteiger charge is -2.01. The molecule has 3 rings (SSSR count). The third kappa shape index (κ3) is 1.68. The summed E-state index contributed by atoms with van der Waals surface area (Å²) < 4.78 is 12.1. The van der Waals surface area contributed by atoms with E-state index in [2.05, 4.69) is 5.10 Å². The lowest BCUT2D eigenvalue weighted by atomic mass is 10.2. The molecule has 2 aromatic heterocycles. The third-order valence-corrected chi connectivity index (χ3v) is 2.89. The Balaban J connectivity index is 2.41. The molecule has 18 heavy (non-hydrogen) atoms. The first-order chi connectivity index (χ1) is 8.69. The molecular weight excluding hydrogens is 254 g/mol. The number of halogens is 1. The van der Waals surface area contributed by atoms with Crippen LogP contribution in [0.5, 0.6) is 0 Å². The van der Waals surface area contributed by atoms with Gasteiger partial charge in [-0.2, -0.15) is 9.61 Å². The molecule has 0 fully saturated rings. The number of hydrogen-bond acceptors (Lipinski definition) is 4. The Bertz CT molecular complexity index is 791. The average Bonchev–Trinajstić information content (AvgIpc) is 2.72. The number of fused-ring (bicyclic) bond motifs is 3. The van der Waals surface area contributed by atoms with E-state index in [-0.39, 0.29) is 5.55 Å². The molecule has 0 aliphatic rings. The van der Waals surface area contributed by atoms with Crippen LogP contribution in [0.3, 0.4) is 0 Å². The molecule has 3 aromatic rings. The van der Waals surface area contributed by atoms with Crippen LogP contribution in [0.15, 0.2) is 28.7 Å². The van der Waals surface area contributed by atoms with Crippen LogP contribution in [-0.4, -0.2) is 16.7 Å². The predicted molar refractivity (Wildman–Crippen MR) is 66.5 cm³/mol. The molecule has 1 N–H and O–H groups in total. The van der Waals surface area contributed by atoms with E-state index >= 15 is 0 Å². The first-order valence-electron chi connectivity index (χ1n) is 5.33. The largest absolute Gasteiger partial charge is 0.420 e. The Labute approximate surface area is 107 Å². The smallest absolute Gasteiger partial charge is 0.225 e. The highest BCUT2D eigenvalue weighted by Gasteiger charge is 2.09. The van der Waals surface area contributed by atoms with Gasteiger partial charge in [-0.1, -0.05) is 11.6 Å². The predicted octanol–water partition coefficient (Wildman–Crippen LogP) is 2.36. The molecule has 0 amide bonds. The molecule has 0 spiro atoms. The maximum absolute atomic E-state index is 7.86. The van der Waals surface area contributed by atoms with Crippen molar-refractivity contribution in [2.75, 3.05) is 7.11 Å². The fourth-order valence-corrected chi connectivity index (χ4v) is 2.08. The Kier molecular flexibility index (Phi) is 2.57. The summed E-state index contributed by atoms with van der Waals surface area (Å²) in [6, 6.07) is 7.04. The van der Waals surface area contributed by atoms with Crippen LogP contribution < -0.4 is 5.55 Å². The normalized spacial score (nSPS) is 11.4. The fourth-order valence-electron chi connectivity index (χ4n) is 1.91. The molecule has 92 valence electrons. The van der Waals surface area contributed by atoms with Gasteiger partial charge < -0.3 is 9.15 Å². The van der Waals surface area contributed by atoms with E-state index in [1.54, 1.807) is 29.8 Å². The monoisotopic (exact) mass is 263 g/mol. The summed E-state index contributed by atoms with van der Waals surface area (Å²) in [4.78, 5) is 0. The number of methoxy groups -OCH3 is 1. The molecular formula is C12H10ClN3O2. The zero-order valence-electron chi connectivity index (χ0n) is 9.61. The van der Waals surface area contributed by atoms with Gasteiger partial charge in [0.25, 0.3) is 0 Å². The van der Waals surface area contributed by atoms with Crippen molar-refractivity contribution in [3.8, 4) is 0 Å². The Hall–Kier alpha value is -1.85. The molecule has 0 unspecified atom stereocenters. The molecule has 0 radical (unpaired) electrons. The second-order valence-corrected chi connectivity index (χ2v) is 4.35. The van der Waals surface area contributed by atoms with Gasteiger partial charge in [0.1, 0.15) is 0 Å². The lowest BCUT2D eigenvalue weighted by molar-refractivity contribution is 0.181. The van der Waals surface area contributed by atoms with Crippen LogP contribution in [0.4, 0.5) is 0 Å². The lowest BCUT2D eigenvalue weighted by Crippen LogP contribution is -2.04. The van der Waals surface area contributed by atoms with E-state index in [1.807, 2.05) is 6.07 Å². The van der Waals surface area contributed by atoms with Crippen molar-refractivity contribution in [3.05, 3.63) is 40.5 Å². The van der Waals surface area contributed by atoms with Crippen molar-refractivity contribution in [2.24, 2.45) is 0 Å². The van der Waals surface area contributed by atoms with Gasteiger partial charge in [0.2, 0.25) is 11.3 Å². The molecule has 0 aliphatic heterocycles.